The summed E-state index contributed by atoms with van der Waals surface area (Å²) >= 11 is 5.78. The van der Waals surface area contributed by atoms with Gasteiger partial charge in [-0.3, -0.25) is 4.79 Å². The SMILES string of the molecule is O=C1CCCN1CCCOc1ccc(Cl)cc1. The van der Waals surface area contributed by atoms with Crippen molar-refractivity contribution in [2.24, 2.45) is 0 Å². The second-order valence-corrected chi connectivity index (χ2v) is 4.58. The molecular formula is C13H16ClNO2. The van der Waals surface area contributed by atoms with E-state index in [1.54, 1.807) is 12.1 Å². The number of carbonyl (C=O) groups excluding carboxylic acids is 1. The van der Waals surface area contributed by atoms with Crippen molar-refractivity contribution in [1.29, 1.82) is 0 Å². The van der Waals surface area contributed by atoms with Gasteiger partial charge >= 0.3 is 0 Å². The molecule has 0 aromatic heterocycles. The average molecular weight is 254 g/mol. The summed E-state index contributed by atoms with van der Waals surface area (Å²) in [7, 11) is 0. The zero-order chi connectivity index (χ0) is 12.1. The molecule has 0 atom stereocenters. The van der Waals surface area contributed by atoms with Gasteiger partial charge in [-0.1, -0.05) is 11.6 Å². The Morgan fingerprint density at radius 1 is 1.29 bits per heavy atom. The summed E-state index contributed by atoms with van der Waals surface area (Å²) in [5, 5.41) is 0.708. The fraction of sp³-hybridized carbons (Fsp3) is 0.462. The highest BCUT2D eigenvalue weighted by Gasteiger charge is 2.18. The lowest BCUT2D eigenvalue weighted by molar-refractivity contribution is -0.127. The van der Waals surface area contributed by atoms with E-state index < -0.39 is 0 Å². The van der Waals surface area contributed by atoms with Crippen LogP contribution in [0.2, 0.25) is 5.02 Å². The van der Waals surface area contributed by atoms with E-state index in [0.29, 0.717) is 18.1 Å². The zero-order valence-corrected chi connectivity index (χ0v) is 10.4. The minimum atomic E-state index is 0.275. The molecule has 1 heterocycles. The topological polar surface area (TPSA) is 29.5 Å². The number of likely N-dealkylation sites (tertiary alicyclic amines) is 1. The van der Waals surface area contributed by atoms with E-state index in [2.05, 4.69) is 0 Å². The molecule has 0 radical (unpaired) electrons. The van der Waals surface area contributed by atoms with Gasteiger partial charge in [-0.15, -0.1) is 0 Å². The molecule has 1 aromatic carbocycles. The van der Waals surface area contributed by atoms with Crippen molar-refractivity contribution in [3.05, 3.63) is 29.3 Å². The predicted molar refractivity (Wildman–Crippen MR) is 67.4 cm³/mol. The molecule has 1 aromatic rings. The molecule has 0 aliphatic carbocycles. The Hall–Kier alpha value is -1.22. The normalized spacial score (nSPS) is 15.4. The lowest BCUT2D eigenvalue weighted by Crippen LogP contribution is -2.26. The van der Waals surface area contributed by atoms with E-state index in [9.17, 15) is 4.79 Å². The third kappa shape index (κ3) is 3.63. The molecule has 1 aliphatic heterocycles. The number of benzene rings is 1. The minimum Gasteiger partial charge on any atom is -0.494 e. The van der Waals surface area contributed by atoms with Gasteiger partial charge in [0.25, 0.3) is 0 Å². The first-order valence-corrected chi connectivity index (χ1v) is 6.29. The Bertz CT molecular complexity index is 378. The van der Waals surface area contributed by atoms with Gasteiger partial charge in [-0.25, -0.2) is 0 Å². The molecule has 1 saturated heterocycles. The molecule has 1 amide bonds. The van der Waals surface area contributed by atoms with E-state index in [1.807, 2.05) is 17.0 Å². The highest BCUT2D eigenvalue weighted by atomic mass is 35.5. The molecule has 0 N–H and O–H groups in total. The van der Waals surface area contributed by atoms with Crippen LogP contribution < -0.4 is 4.74 Å². The molecule has 0 bridgehead atoms. The fourth-order valence-electron chi connectivity index (χ4n) is 1.92. The number of ether oxygens (including phenoxy) is 1. The van der Waals surface area contributed by atoms with Crippen LogP contribution in [0.3, 0.4) is 0 Å². The number of nitrogens with zero attached hydrogens (tertiary/aromatic N) is 1. The number of amides is 1. The summed E-state index contributed by atoms with van der Waals surface area (Å²) in [6, 6.07) is 7.31. The fourth-order valence-corrected chi connectivity index (χ4v) is 2.04. The summed E-state index contributed by atoms with van der Waals surface area (Å²) in [6.45, 7) is 2.33. The third-order valence-corrected chi connectivity index (χ3v) is 3.08. The number of carbonyl (C=O) groups is 1. The first kappa shape index (κ1) is 12.2. The van der Waals surface area contributed by atoms with E-state index in [-0.39, 0.29) is 5.91 Å². The van der Waals surface area contributed by atoms with Crippen LogP contribution in [0, 0.1) is 0 Å². The summed E-state index contributed by atoms with van der Waals surface area (Å²) in [6.07, 6.45) is 2.57. The number of halogens is 1. The maximum absolute atomic E-state index is 11.3. The summed E-state index contributed by atoms with van der Waals surface area (Å²) in [4.78, 5) is 13.3. The Kier molecular flexibility index (Phi) is 4.26. The van der Waals surface area contributed by atoms with E-state index in [0.717, 1.165) is 31.7 Å². The van der Waals surface area contributed by atoms with Crippen molar-refractivity contribution in [3.63, 3.8) is 0 Å². The Morgan fingerprint density at radius 3 is 2.71 bits per heavy atom. The molecule has 17 heavy (non-hydrogen) atoms. The van der Waals surface area contributed by atoms with Crippen LogP contribution in [-0.4, -0.2) is 30.5 Å². The van der Waals surface area contributed by atoms with Crippen molar-refractivity contribution in [3.8, 4) is 5.75 Å². The molecule has 0 unspecified atom stereocenters. The van der Waals surface area contributed by atoms with Crippen molar-refractivity contribution in [1.82, 2.24) is 4.90 Å². The second kappa shape index (κ2) is 5.92. The van der Waals surface area contributed by atoms with Crippen LogP contribution in [-0.2, 0) is 4.79 Å². The van der Waals surface area contributed by atoms with E-state index in [1.165, 1.54) is 0 Å². The van der Waals surface area contributed by atoms with Crippen LogP contribution in [0.25, 0.3) is 0 Å². The van der Waals surface area contributed by atoms with Crippen LogP contribution in [0.4, 0.5) is 0 Å². The summed E-state index contributed by atoms with van der Waals surface area (Å²) in [5.74, 6) is 1.10. The van der Waals surface area contributed by atoms with Crippen molar-refractivity contribution >= 4 is 17.5 Å². The number of rotatable bonds is 5. The van der Waals surface area contributed by atoms with Crippen LogP contribution in [0.5, 0.6) is 5.75 Å². The van der Waals surface area contributed by atoms with Crippen molar-refractivity contribution in [2.45, 2.75) is 19.3 Å². The molecular weight excluding hydrogens is 238 g/mol. The van der Waals surface area contributed by atoms with Gasteiger partial charge in [-0.2, -0.15) is 0 Å². The Balaban J connectivity index is 1.66. The van der Waals surface area contributed by atoms with E-state index >= 15 is 0 Å². The molecule has 1 fully saturated rings. The highest BCUT2D eigenvalue weighted by Crippen LogP contribution is 2.16. The van der Waals surface area contributed by atoms with Gasteiger partial charge < -0.3 is 9.64 Å². The monoisotopic (exact) mass is 253 g/mol. The first-order valence-electron chi connectivity index (χ1n) is 5.92. The summed E-state index contributed by atoms with van der Waals surface area (Å²) < 4.78 is 5.56. The van der Waals surface area contributed by atoms with Crippen LogP contribution >= 0.6 is 11.6 Å². The average Bonchev–Trinajstić information content (AvgIpc) is 2.73. The molecule has 0 saturated carbocycles. The highest BCUT2D eigenvalue weighted by molar-refractivity contribution is 6.30. The van der Waals surface area contributed by atoms with Crippen molar-refractivity contribution in [2.75, 3.05) is 19.7 Å². The van der Waals surface area contributed by atoms with Gasteiger partial charge in [0, 0.05) is 24.5 Å². The number of hydrogen-bond donors (Lipinski definition) is 0. The maximum Gasteiger partial charge on any atom is 0.222 e. The third-order valence-electron chi connectivity index (χ3n) is 2.83. The quantitative estimate of drug-likeness (QED) is 0.755. The zero-order valence-electron chi connectivity index (χ0n) is 9.69. The largest absolute Gasteiger partial charge is 0.494 e. The predicted octanol–water partition coefficient (Wildman–Crippen LogP) is 2.73. The van der Waals surface area contributed by atoms with Crippen LogP contribution in [0.1, 0.15) is 19.3 Å². The molecule has 1 aliphatic rings. The lowest BCUT2D eigenvalue weighted by Gasteiger charge is -2.15. The molecule has 3 nitrogen and oxygen atoms in total. The number of hydrogen-bond acceptors (Lipinski definition) is 2. The standard InChI is InChI=1S/C13H16ClNO2/c14-11-4-6-12(7-5-11)17-10-2-9-15-8-1-3-13(15)16/h4-7H,1-3,8-10H2. The maximum atomic E-state index is 11.3. The van der Waals surface area contributed by atoms with E-state index in [4.69, 9.17) is 16.3 Å². The Labute approximate surface area is 106 Å². The Morgan fingerprint density at radius 2 is 2.06 bits per heavy atom. The molecule has 2 rings (SSSR count). The van der Waals surface area contributed by atoms with Crippen molar-refractivity contribution < 1.29 is 9.53 Å². The lowest BCUT2D eigenvalue weighted by atomic mass is 10.3. The van der Waals surface area contributed by atoms with Gasteiger partial charge in [0.15, 0.2) is 0 Å². The second-order valence-electron chi connectivity index (χ2n) is 4.14. The molecule has 4 heteroatoms. The molecule has 92 valence electrons. The van der Waals surface area contributed by atoms with Gasteiger partial charge in [-0.05, 0) is 37.1 Å². The van der Waals surface area contributed by atoms with Crippen LogP contribution in [0.15, 0.2) is 24.3 Å². The first-order chi connectivity index (χ1) is 8.25. The van der Waals surface area contributed by atoms with Gasteiger partial charge in [0.1, 0.15) is 5.75 Å². The van der Waals surface area contributed by atoms with Gasteiger partial charge in [0.05, 0.1) is 6.61 Å². The minimum absolute atomic E-state index is 0.275. The van der Waals surface area contributed by atoms with Gasteiger partial charge in [0.2, 0.25) is 5.91 Å². The molecule has 0 spiro atoms. The summed E-state index contributed by atoms with van der Waals surface area (Å²) in [5.41, 5.74) is 0. The smallest absolute Gasteiger partial charge is 0.222 e.